The van der Waals surface area contributed by atoms with Crippen LogP contribution in [-0.2, 0) is 6.18 Å². The van der Waals surface area contributed by atoms with Gasteiger partial charge in [-0.25, -0.2) is 22.0 Å². The van der Waals surface area contributed by atoms with Crippen molar-refractivity contribution in [3.8, 4) is 23.0 Å². The lowest BCUT2D eigenvalue weighted by Gasteiger charge is -2.18. The highest BCUT2D eigenvalue weighted by Crippen LogP contribution is 2.46. The van der Waals surface area contributed by atoms with Crippen molar-refractivity contribution >= 4 is 11.4 Å². The fourth-order valence-corrected chi connectivity index (χ4v) is 2.49. The summed E-state index contributed by atoms with van der Waals surface area (Å²) in [6.45, 7) is 0. The second kappa shape index (κ2) is 8.05. The van der Waals surface area contributed by atoms with Gasteiger partial charge in [0.1, 0.15) is 23.0 Å². The normalized spacial score (nSPS) is 11.5. The van der Waals surface area contributed by atoms with Gasteiger partial charge in [0, 0.05) is 30.3 Å². The van der Waals surface area contributed by atoms with Gasteiger partial charge in [0.05, 0.1) is 11.4 Å². The van der Waals surface area contributed by atoms with Crippen molar-refractivity contribution in [3.63, 3.8) is 0 Å². The third kappa shape index (κ3) is 4.31. The molecule has 3 aromatic rings. The van der Waals surface area contributed by atoms with Crippen molar-refractivity contribution in [3.05, 3.63) is 70.8 Å². The Kier molecular flexibility index (Phi) is 5.76. The van der Waals surface area contributed by atoms with Crippen LogP contribution in [-0.4, -0.2) is 0 Å². The summed E-state index contributed by atoms with van der Waals surface area (Å²) in [5, 5.41) is 0. The Morgan fingerprint density at radius 3 is 1.50 bits per heavy atom. The molecule has 3 rings (SSSR count). The number of benzene rings is 3. The van der Waals surface area contributed by atoms with Crippen LogP contribution in [0.3, 0.4) is 0 Å². The van der Waals surface area contributed by atoms with Crippen LogP contribution in [0.15, 0.2) is 30.3 Å². The lowest BCUT2D eigenvalue weighted by atomic mass is 10.1. The van der Waals surface area contributed by atoms with E-state index in [1.807, 2.05) is 0 Å². The molecule has 0 aromatic heterocycles. The number of nitrogen functional groups attached to an aromatic ring is 2. The average Bonchev–Trinajstić information content (AvgIpc) is 2.66. The summed E-state index contributed by atoms with van der Waals surface area (Å²) in [7, 11) is 0. The summed E-state index contributed by atoms with van der Waals surface area (Å²) in [6, 6.07) is 1.22. The molecule has 4 N–H and O–H groups in total. The Balaban J connectivity index is 2.18. The second-order valence-corrected chi connectivity index (χ2v) is 6.18. The van der Waals surface area contributed by atoms with Crippen LogP contribution >= 0.6 is 0 Å². The first-order chi connectivity index (χ1) is 14.8. The Morgan fingerprint density at radius 1 is 0.562 bits per heavy atom. The molecule has 32 heavy (non-hydrogen) atoms. The Labute approximate surface area is 172 Å². The second-order valence-electron chi connectivity index (χ2n) is 6.18. The number of alkyl halides is 3. The standard InChI is InChI=1S/C19H9F9N2O2/c20-6-1-8(22)13(4-11(6)29)31-15-3-10(24)16(19(26,27)28)18(17(15)25)32-14-5-12(30)7(21)2-9(14)23/h1-5H,29-30H2. The topological polar surface area (TPSA) is 70.5 Å². The van der Waals surface area contributed by atoms with Crippen molar-refractivity contribution in [2.24, 2.45) is 0 Å². The monoisotopic (exact) mass is 468 g/mol. The molecule has 3 aromatic carbocycles. The zero-order valence-electron chi connectivity index (χ0n) is 15.3. The number of anilines is 2. The minimum atomic E-state index is -5.55. The molecular weight excluding hydrogens is 459 g/mol. The molecule has 0 fully saturated rings. The number of halogens is 9. The zero-order chi connectivity index (χ0) is 24.0. The van der Waals surface area contributed by atoms with Crippen LogP contribution in [0.25, 0.3) is 0 Å². The quantitative estimate of drug-likeness (QED) is 0.349. The average molecular weight is 468 g/mol. The molecule has 170 valence electrons. The van der Waals surface area contributed by atoms with Crippen LogP contribution in [0.5, 0.6) is 23.0 Å². The molecule has 0 aliphatic rings. The first-order valence-corrected chi connectivity index (χ1v) is 8.23. The summed E-state index contributed by atoms with van der Waals surface area (Å²) in [5.41, 5.74) is 6.66. The number of hydrogen-bond acceptors (Lipinski definition) is 4. The first kappa shape index (κ1) is 22.9. The van der Waals surface area contributed by atoms with E-state index in [1.165, 1.54) is 0 Å². The molecule has 0 aliphatic heterocycles. The van der Waals surface area contributed by atoms with E-state index in [4.69, 9.17) is 16.2 Å². The van der Waals surface area contributed by atoms with Gasteiger partial charge in [-0.3, -0.25) is 0 Å². The van der Waals surface area contributed by atoms with Gasteiger partial charge in [0.25, 0.3) is 0 Å². The number of nitrogens with two attached hydrogens (primary N) is 2. The molecule has 0 aliphatic carbocycles. The zero-order valence-corrected chi connectivity index (χ0v) is 15.3. The molecule has 4 nitrogen and oxygen atoms in total. The van der Waals surface area contributed by atoms with Crippen molar-refractivity contribution in [2.75, 3.05) is 11.5 Å². The maximum absolute atomic E-state index is 14.9. The summed E-state index contributed by atoms with van der Waals surface area (Å²) >= 11 is 0. The number of hydrogen-bond donors (Lipinski definition) is 2. The Bertz CT molecular complexity index is 1210. The Hall–Kier alpha value is -3.77. The third-order valence-corrected chi connectivity index (χ3v) is 3.96. The van der Waals surface area contributed by atoms with Crippen LogP contribution < -0.4 is 20.9 Å². The molecule has 0 bridgehead atoms. The van der Waals surface area contributed by atoms with Crippen molar-refractivity contribution in [1.82, 2.24) is 0 Å². The third-order valence-electron chi connectivity index (χ3n) is 3.96. The molecule has 0 saturated heterocycles. The molecule has 0 unspecified atom stereocenters. The number of ether oxygens (including phenoxy) is 2. The van der Waals surface area contributed by atoms with E-state index < -0.39 is 81.0 Å². The molecule has 0 saturated carbocycles. The largest absolute Gasteiger partial charge is 0.451 e. The highest BCUT2D eigenvalue weighted by Gasteiger charge is 2.41. The lowest BCUT2D eigenvalue weighted by molar-refractivity contribution is -0.141. The van der Waals surface area contributed by atoms with E-state index in [0.29, 0.717) is 12.1 Å². The maximum Gasteiger partial charge on any atom is 0.422 e. The highest BCUT2D eigenvalue weighted by atomic mass is 19.4. The molecule has 0 radical (unpaired) electrons. The Morgan fingerprint density at radius 2 is 1.03 bits per heavy atom. The molecule has 0 amide bonds. The van der Waals surface area contributed by atoms with Crippen LogP contribution in [0.1, 0.15) is 5.56 Å². The van der Waals surface area contributed by atoms with Crippen molar-refractivity contribution in [2.45, 2.75) is 6.18 Å². The van der Waals surface area contributed by atoms with Gasteiger partial charge in [0.15, 0.2) is 34.6 Å². The van der Waals surface area contributed by atoms with E-state index in [0.717, 1.165) is 0 Å². The summed E-state index contributed by atoms with van der Waals surface area (Å²) in [5.74, 6) is -15.1. The fourth-order valence-electron chi connectivity index (χ4n) is 2.49. The van der Waals surface area contributed by atoms with Gasteiger partial charge in [-0.05, 0) is 0 Å². The highest BCUT2D eigenvalue weighted by molar-refractivity contribution is 5.53. The smallest absolute Gasteiger partial charge is 0.422 e. The van der Waals surface area contributed by atoms with Gasteiger partial charge >= 0.3 is 6.18 Å². The minimum absolute atomic E-state index is 0.0839. The maximum atomic E-state index is 14.9. The summed E-state index contributed by atoms with van der Waals surface area (Å²) in [4.78, 5) is 0. The summed E-state index contributed by atoms with van der Waals surface area (Å²) < 4.78 is 133. The number of rotatable bonds is 4. The predicted octanol–water partition coefficient (Wildman–Crippen LogP) is 6.29. The van der Waals surface area contributed by atoms with E-state index in [2.05, 4.69) is 4.74 Å². The fraction of sp³-hybridized carbons (Fsp3) is 0.0526. The molecule has 13 heteroatoms. The van der Waals surface area contributed by atoms with Crippen LogP contribution in [0.2, 0.25) is 0 Å². The van der Waals surface area contributed by atoms with E-state index in [-0.39, 0.29) is 18.2 Å². The lowest BCUT2D eigenvalue weighted by Crippen LogP contribution is -2.13. The predicted molar refractivity (Wildman–Crippen MR) is 93.0 cm³/mol. The van der Waals surface area contributed by atoms with Gasteiger partial charge in [-0.15, -0.1) is 0 Å². The van der Waals surface area contributed by atoms with E-state index >= 15 is 0 Å². The van der Waals surface area contributed by atoms with Gasteiger partial charge < -0.3 is 20.9 Å². The van der Waals surface area contributed by atoms with Crippen LogP contribution in [0, 0.1) is 34.9 Å². The van der Waals surface area contributed by atoms with E-state index in [9.17, 15) is 39.5 Å². The van der Waals surface area contributed by atoms with Gasteiger partial charge in [0.2, 0.25) is 5.82 Å². The van der Waals surface area contributed by atoms with Crippen molar-refractivity contribution in [1.29, 1.82) is 0 Å². The van der Waals surface area contributed by atoms with Gasteiger partial charge in [-0.2, -0.15) is 17.6 Å². The molecule has 0 spiro atoms. The SMILES string of the molecule is Nc1cc(Oc2cc(F)c(C(F)(F)F)c(Oc3cc(N)c(F)cc3F)c2F)c(F)cc1F. The first-order valence-electron chi connectivity index (χ1n) is 8.23. The minimum Gasteiger partial charge on any atom is -0.451 e. The van der Waals surface area contributed by atoms with Crippen LogP contribution in [0.4, 0.5) is 50.9 Å². The molecule has 0 atom stereocenters. The summed E-state index contributed by atoms with van der Waals surface area (Å²) in [6.07, 6.45) is -5.55. The van der Waals surface area contributed by atoms with E-state index in [1.54, 1.807) is 0 Å². The molecular formula is C19H9F9N2O2. The molecule has 0 heterocycles. The van der Waals surface area contributed by atoms with Gasteiger partial charge in [-0.1, -0.05) is 0 Å². The van der Waals surface area contributed by atoms with Crippen molar-refractivity contribution < 1.29 is 49.0 Å².